The quantitative estimate of drug-likeness (QED) is 0.818. The van der Waals surface area contributed by atoms with Gasteiger partial charge in [0.15, 0.2) is 0 Å². The van der Waals surface area contributed by atoms with E-state index in [-0.39, 0.29) is 18.6 Å². The van der Waals surface area contributed by atoms with Crippen molar-refractivity contribution >= 4 is 0 Å². The Bertz CT molecular complexity index is 328. The first-order valence-electron chi connectivity index (χ1n) is 5.46. The molecule has 16 heavy (non-hydrogen) atoms. The number of hydrogen-bond acceptors (Lipinski definition) is 3. The van der Waals surface area contributed by atoms with Crippen molar-refractivity contribution in [3.63, 3.8) is 0 Å². The summed E-state index contributed by atoms with van der Waals surface area (Å²) < 4.78 is 5.51. The van der Waals surface area contributed by atoms with Gasteiger partial charge in [-0.2, -0.15) is 0 Å². The number of ether oxygens (including phenoxy) is 1. The molecule has 0 bridgehead atoms. The van der Waals surface area contributed by atoms with Crippen molar-refractivity contribution in [3.8, 4) is 5.75 Å². The van der Waals surface area contributed by atoms with Gasteiger partial charge < -0.3 is 14.9 Å². The van der Waals surface area contributed by atoms with E-state index in [1.807, 2.05) is 24.3 Å². The molecule has 3 nitrogen and oxygen atoms in total. The second-order valence-electron chi connectivity index (χ2n) is 4.89. The number of benzene rings is 1. The molecule has 0 aliphatic heterocycles. The second-order valence-corrected chi connectivity index (χ2v) is 4.89. The molecule has 1 atom stereocenters. The van der Waals surface area contributed by atoms with Crippen molar-refractivity contribution in [2.75, 3.05) is 13.2 Å². The van der Waals surface area contributed by atoms with E-state index in [0.29, 0.717) is 0 Å². The average Bonchev–Trinajstić information content (AvgIpc) is 2.25. The standard InChI is InChI=1S/C13H20O3/c1-13(2,3)11-6-4-5-7-12(11)16-9-10(15)8-14/h4-7,10,14-15H,8-9H2,1-3H3/t10-/m0/s1. The fourth-order valence-electron chi connectivity index (χ4n) is 1.45. The Kier molecular flexibility index (Phi) is 4.33. The molecule has 1 aromatic carbocycles. The van der Waals surface area contributed by atoms with Crippen LogP contribution in [0.25, 0.3) is 0 Å². The Morgan fingerprint density at radius 2 is 1.88 bits per heavy atom. The Morgan fingerprint density at radius 3 is 2.44 bits per heavy atom. The van der Waals surface area contributed by atoms with Crippen molar-refractivity contribution in [2.24, 2.45) is 0 Å². The van der Waals surface area contributed by atoms with Crippen LogP contribution in [0.2, 0.25) is 0 Å². The molecule has 0 spiro atoms. The van der Waals surface area contributed by atoms with Crippen molar-refractivity contribution in [3.05, 3.63) is 29.8 Å². The molecule has 0 aliphatic carbocycles. The largest absolute Gasteiger partial charge is 0.490 e. The lowest BCUT2D eigenvalue weighted by molar-refractivity contribution is 0.0530. The fourth-order valence-corrected chi connectivity index (χ4v) is 1.45. The average molecular weight is 224 g/mol. The molecule has 90 valence electrons. The minimum absolute atomic E-state index is 0.000754. The van der Waals surface area contributed by atoms with Crippen LogP contribution in [0.4, 0.5) is 0 Å². The van der Waals surface area contributed by atoms with Gasteiger partial charge in [-0.15, -0.1) is 0 Å². The molecular weight excluding hydrogens is 204 g/mol. The van der Waals surface area contributed by atoms with Gasteiger partial charge in [0.1, 0.15) is 18.5 Å². The molecule has 0 saturated heterocycles. The summed E-state index contributed by atoms with van der Waals surface area (Å²) in [5, 5.41) is 17.9. The summed E-state index contributed by atoms with van der Waals surface area (Å²) >= 11 is 0. The normalized spacial score (nSPS) is 13.6. The van der Waals surface area contributed by atoms with Crippen LogP contribution >= 0.6 is 0 Å². The predicted molar refractivity (Wildman–Crippen MR) is 63.7 cm³/mol. The van der Waals surface area contributed by atoms with Gasteiger partial charge in [-0.05, 0) is 17.0 Å². The van der Waals surface area contributed by atoms with Crippen LogP contribution in [-0.2, 0) is 5.41 Å². The van der Waals surface area contributed by atoms with Crippen LogP contribution in [-0.4, -0.2) is 29.5 Å². The fraction of sp³-hybridized carbons (Fsp3) is 0.538. The molecule has 0 saturated carbocycles. The summed E-state index contributed by atoms with van der Waals surface area (Å²) in [5.74, 6) is 0.766. The highest BCUT2D eigenvalue weighted by atomic mass is 16.5. The number of para-hydroxylation sites is 1. The number of hydrogen-bond donors (Lipinski definition) is 2. The SMILES string of the molecule is CC(C)(C)c1ccccc1OC[C@@H](O)CO. The van der Waals surface area contributed by atoms with Gasteiger partial charge in [0.25, 0.3) is 0 Å². The molecule has 2 N–H and O–H groups in total. The molecule has 3 heteroatoms. The van der Waals surface area contributed by atoms with Crippen molar-refractivity contribution in [1.29, 1.82) is 0 Å². The molecule has 0 amide bonds. The highest BCUT2D eigenvalue weighted by Gasteiger charge is 2.18. The maximum absolute atomic E-state index is 9.24. The van der Waals surface area contributed by atoms with Crippen molar-refractivity contribution < 1.29 is 14.9 Å². The van der Waals surface area contributed by atoms with Crippen LogP contribution < -0.4 is 4.74 Å². The molecule has 0 unspecified atom stereocenters. The zero-order valence-corrected chi connectivity index (χ0v) is 10.1. The van der Waals surface area contributed by atoms with E-state index < -0.39 is 6.10 Å². The van der Waals surface area contributed by atoms with Gasteiger partial charge in [0, 0.05) is 0 Å². The Morgan fingerprint density at radius 1 is 1.25 bits per heavy atom. The molecule has 1 aromatic rings. The minimum atomic E-state index is -0.826. The van der Waals surface area contributed by atoms with Gasteiger partial charge in [-0.25, -0.2) is 0 Å². The van der Waals surface area contributed by atoms with Crippen LogP contribution in [0.5, 0.6) is 5.75 Å². The second kappa shape index (κ2) is 5.32. The maximum Gasteiger partial charge on any atom is 0.123 e. The van der Waals surface area contributed by atoms with E-state index >= 15 is 0 Å². The molecule has 0 aromatic heterocycles. The van der Waals surface area contributed by atoms with E-state index in [4.69, 9.17) is 9.84 Å². The third-order valence-corrected chi connectivity index (χ3v) is 2.34. The Balaban J connectivity index is 2.80. The Hall–Kier alpha value is -1.06. The van der Waals surface area contributed by atoms with Crippen LogP contribution in [0.15, 0.2) is 24.3 Å². The van der Waals surface area contributed by atoms with Crippen molar-refractivity contribution in [1.82, 2.24) is 0 Å². The minimum Gasteiger partial charge on any atom is -0.490 e. The summed E-state index contributed by atoms with van der Waals surface area (Å²) in [6, 6.07) is 7.76. The molecule has 0 aliphatic rings. The van der Waals surface area contributed by atoms with Crippen molar-refractivity contribution in [2.45, 2.75) is 32.3 Å². The molecule has 0 fully saturated rings. The summed E-state index contributed by atoms with van der Waals surface area (Å²) in [6.45, 7) is 6.16. The van der Waals surface area contributed by atoms with E-state index in [1.165, 1.54) is 0 Å². The van der Waals surface area contributed by atoms with Gasteiger partial charge >= 0.3 is 0 Å². The summed E-state index contributed by atoms with van der Waals surface area (Å²) in [6.07, 6.45) is -0.826. The monoisotopic (exact) mass is 224 g/mol. The lowest BCUT2D eigenvalue weighted by Crippen LogP contribution is -2.22. The topological polar surface area (TPSA) is 49.7 Å². The summed E-state index contributed by atoms with van der Waals surface area (Å²) in [4.78, 5) is 0. The maximum atomic E-state index is 9.24. The number of aliphatic hydroxyl groups is 2. The van der Waals surface area contributed by atoms with E-state index in [0.717, 1.165) is 11.3 Å². The highest BCUT2D eigenvalue weighted by Crippen LogP contribution is 2.30. The lowest BCUT2D eigenvalue weighted by atomic mass is 9.86. The van der Waals surface area contributed by atoms with Gasteiger partial charge in [0.2, 0.25) is 0 Å². The third-order valence-electron chi connectivity index (χ3n) is 2.34. The van der Waals surface area contributed by atoms with Crippen LogP contribution in [0.1, 0.15) is 26.3 Å². The zero-order chi connectivity index (χ0) is 12.2. The molecule has 0 heterocycles. The zero-order valence-electron chi connectivity index (χ0n) is 10.1. The molecular formula is C13H20O3. The summed E-state index contributed by atoms with van der Waals surface area (Å²) in [5.41, 5.74) is 1.10. The van der Waals surface area contributed by atoms with Crippen LogP contribution in [0.3, 0.4) is 0 Å². The van der Waals surface area contributed by atoms with Gasteiger partial charge in [-0.3, -0.25) is 0 Å². The predicted octanol–water partition coefficient (Wildman–Crippen LogP) is 1.72. The first-order valence-corrected chi connectivity index (χ1v) is 5.46. The number of rotatable bonds is 4. The molecule has 1 rings (SSSR count). The van der Waals surface area contributed by atoms with E-state index in [9.17, 15) is 5.11 Å². The van der Waals surface area contributed by atoms with Gasteiger partial charge in [0.05, 0.1) is 6.61 Å². The molecule has 0 radical (unpaired) electrons. The third kappa shape index (κ3) is 3.51. The first kappa shape index (κ1) is 13.0. The summed E-state index contributed by atoms with van der Waals surface area (Å²) in [7, 11) is 0. The highest BCUT2D eigenvalue weighted by molar-refractivity contribution is 5.38. The first-order chi connectivity index (χ1) is 7.45. The number of aliphatic hydroxyl groups excluding tert-OH is 2. The smallest absolute Gasteiger partial charge is 0.123 e. The van der Waals surface area contributed by atoms with Crippen LogP contribution in [0, 0.1) is 0 Å². The lowest BCUT2D eigenvalue weighted by Gasteiger charge is -2.23. The van der Waals surface area contributed by atoms with E-state index in [2.05, 4.69) is 20.8 Å². The van der Waals surface area contributed by atoms with Gasteiger partial charge in [-0.1, -0.05) is 39.0 Å². The Labute approximate surface area is 96.7 Å². The van der Waals surface area contributed by atoms with E-state index in [1.54, 1.807) is 0 Å².